The van der Waals surface area contributed by atoms with Crippen LogP contribution in [0.15, 0.2) is 24.3 Å². The molecule has 7 nitrogen and oxygen atoms in total. The van der Waals surface area contributed by atoms with E-state index in [1.165, 1.54) is 0 Å². The summed E-state index contributed by atoms with van der Waals surface area (Å²) >= 11 is 0. The predicted molar refractivity (Wildman–Crippen MR) is 115 cm³/mol. The Hall–Kier alpha value is -2.57. The Labute approximate surface area is 174 Å². The number of hydrogen-bond donors (Lipinski definition) is 2. The van der Waals surface area contributed by atoms with Gasteiger partial charge < -0.3 is 20.3 Å². The Morgan fingerprint density at radius 1 is 1.03 bits per heavy atom. The second-order valence-corrected chi connectivity index (χ2v) is 7.06. The second kappa shape index (κ2) is 13.6. The highest BCUT2D eigenvalue weighted by atomic mass is 16.5. The van der Waals surface area contributed by atoms with Gasteiger partial charge in [0.25, 0.3) is 0 Å². The lowest BCUT2D eigenvalue weighted by atomic mass is 9.97. The molecular weight excluding hydrogens is 370 g/mol. The first kappa shape index (κ1) is 24.5. The van der Waals surface area contributed by atoms with Crippen LogP contribution in [0.5, 0.6) is 5.75 Å². The first-order valence-electron chi connectivity index (χ1n) is 10.4. The van der Waals surface area contributed by atoms with Crippen molar-refractivity contribution in [1.29, 1.82) is 0 Å². The molecule has 0 saturated heterocycles. The van der Waals surface area contributed by atoms with E-state index in [2.05, 4.69) is 17.6 Å². The molecule has 0 aliphatic heterocycles. The molecule has 0 aliphatic rings. The lowest BCUT2D eigenvalue weighted by Gasteiger charge is -2.26. The number of anilines is 1. The van der Waals surface area contributed by atoms with Gasteiger partial charge in [0.05, 0.1) is 20.2 Å². The van der Waals surface area contributed by atoms with Gasteiger partial charge in [0.2, 0.25) is 17.7 Å². The average molecular weight is 406 g/mol. The van der Waals surface area contributed by atoms with Crippen LogP contribution in [0, 0.1) is 5.92 Å². The zero-order valence-electron chi connectivity index (χ0n) is 18.1. The zero-order chi connectivity index (χ0) is 21.6. The van der Waals surface area contributed by atoms with Crippen LogP contribution < -0.4 is 15.4 Å². The molecule has 1 rings (SSSR count). The summed E-state index contributed by atoms with van der Waals surface area (Å²) in [7, 11) is 1.57. The van der Waals surface area contributed by atoms with Crippen molar-refractivity contribution in [3.63, 3.8) is 0 Å². The first-order valence-corrected chi connectivity index (χ1v) is 10.4. The zero-order valence-corrected chi connectivity index (χ0v) is 18.1. The lowest BCUT2D eigenvalue weighted by Crippen LogP contribution is -2.45. The van der Waals surface area contributed by atoms with Crippen LogP contribution in [0.3, 0.4) is 0 Å². The molecule has 2 N–H and O–H groups in total. The lowest BCUT2D eigenvalue weighted by molar-refractivity contribution is -0.140. The Balaban J connectivity index is 2.53. The molecule has 0 spiro atoms. The standard InChI is InChI=1S/C22H35N3O4/c1-5-8-9-17(7-3)22(28)25(14-6-2)16-21(27)23-15-20(26)24-18-10-12-19(29-4)13-11-18/h10-13,17H,5-9,14-16H2,1-4H3,(H,23,27)(H,24,26). The van der Waals surface area contributed by atoms with E-state index < -0.39 is 0 Å². The maximum Gasteiger partial charge on any atom is 0.243 e. The molecule has 0 aliphatic carbocycles. The van der Waals surface area contributed by atoms with Crippen molar-refractivity contribution in [2.45, 2.75) is 52.9 Å². The fourth-order valence-electron chi connectivity index (χ4n) is 3.04. The second-order valence-electron chi connectivity index (χ2n) is 7.06. The molecule has 0 fully saturated rings. The molecule has 1 aromatic carbocycles. The molecule has 7 heteroatoms. The summed E-state index contributed by atoms with van der Waals surface area (Å²) in [5.41, 5.74) is 0.620. The van der Waals surface area contributed by atoms with Crippen molar-refractivity contribution in [1.82, 2.24) is 10.2 Å². The van der Waals surface area contributed by atoms with E-state index in [0.717, 1.165) is 32.1 Å². The molecule has 0 heterocycles. The van der Waals surface area contributed by atoms with Crippen LogP contribution in [0.1, 0.15) is 52.9 Å². The van der Waals surface area contributed by atoms with E-state index in [1.807, 2.05) is 13.8 Å². The smallest absolute Gasteiger partial charge is 0.243 e. The first-order chi connectivity index (χ1) is 13.9. The van der Waals surface area contributed by atoms with Crippen LogP contribution in [-0.4, -0.2) is 49.4 Å². The molecule has 29 heavy (non-hydrogen) atoms. The number of rotatable bonds is 13. The topological polar surface area (TPSA) is 87.7 Å². The number of hydrogen-bond acceptors (Lipinski definition) is 4. The number of carbonyl (C=O) groups is 3. The fourth-order valence-corrected chi connectivity index (χ4v) is 3.04. The normalized spacial score (nSPS) is 11.4. The van der Waals surface area contributed by atoms with Gasteiger partial charge in [-0.1, -0.05) is 33.6 Å². The summed E-state index contributed by atoms with van der Waals surface area (Å²) in [6, 6.07) is 6.93. The average Bonchev–Trinajstić information content (AvgIpc) is 2.73. The van der Waals surface area contributed by atoms with E-state index in [4.69, 9.17) is 4.74 Å². The number of carbonyl (C=O) groups excluding carboxylic acids is 3. The largest absolute Gasteiger partial charge is 0.497 e. The van der Waals surface area contributed by atoms with Gasteiger partial charge in [-0.05, 0) is 43.5 Å². The highest BCUT2D eigenvalue weighted by Crippen LogP contribution is 2.16. The van der Waals surface area contributed by atoms with E-state index >= 15 is 0 Å². The molecule has 0 bridgehead atoms. The maximum absolute atomic E-state index is 12.8. The van der Waals surface area contributed by atoms with E-state index in [1.54, 1.807) is 36.3 Å². The monoisotopic (exact) mass is 405 g/mol. The van der Waals surface area contributed by atoms with Crippen LogP contribution >= 0.6 is 0 Å². The number of nitrogens with one attached hydrogen (secondary N) is 2. The van der Waals surface area contributed by atoms with E-state index in [-0.39, 0.29) is 36.7 Å². The molecule has 1 atom stereocenters. The maximum atomic E-state index is 12.8. The van der Waals surface area contributed by atoms with Crippen LogP contribution in [-0.2, 0) is 14.4 Å². The van der Waals surface area contributed by atoms with Gasteiger partial charge in [-0.2, -0.15) is 0 Å². The fraction of sp³-hybridized carbons (Fsp3) is 0.591. The van der Waals surface area contributed by atoms with Gasteiger partial charge >= 0.3 is 0 Å². The minimum absolute atomic E-state index is 0.0227. The van der Waals surface area contributed by atoms with Crippen molar-refractivity contribution in [3.8, 4) is 5.75 Å². The third kappa shape index (κ3) is 8.98. The van der Waals surface area contributed by atoms with Crippen molar-refractivity contribution in [2.24, 2.45) is 5.92 Å². The van der Waals surface area contributed by atoms with E-state index in [0.29, 0.717) is 18.0 Å². The van der Waals surface area contributed by atoms with Crippen LogP contribution in [0.2, 0.25) is 0 Å². The summed E-state index contributed by atoms with van der Waals surface area (Å²) < 4.78 is 5.07. The summed E-state index contributed by atoms with van der Waals surface area (Å²) in [6.45, 7) is 6.45. The van der Waals surface area contributed by atoms with Gasteiger partial charge in [0.1, 0.15) is 5.75 Å². The summed E-state index contributed by atoms with van der Waals surface area (Å²) in [4.78, 5) is 38.8. The van der Waals surface area contributed by atoms with Gasteiger partial charge in [-0.15, -0.1) is 0 Å². The number of benzene rings is 1. The predicted octanol–water partition coefficient (Wildman–Crippen LogP) is 3.20. The van der Waals surface area contributed by atoms with Crippen molar-refractivity contribution < 1.29 is 19.1 Å². The minimum Gasteiger partial charge on any atom is -0.497 e. The molecule has 0 saturated carbocycles. The molecule has 3 amide bonds. The van der Waals surface area contributed by atoms with Crippen molar-refractivity contribution in [2.75, 3.05) is 32.1 Å². The van der Waals surface area contributed by atoms with Crippen molar-refractivity contribution >= 4 is 23.4 Å². The third-order valence-electron chi connectivity index (χ3n) is 4.71. The Kier molecular flexibility index (Phi) is 11.5. The highest BCUT2D eigenvalue weighted by molar-refractivity contribution is 5.95. The van der Waals surface area contributed by atoms with E-state index in [9.17, 15) is 14.4 Å². The number of ether oxygens (including phenoxy) is 1. The Morgan fingerprint density at radius 2 is 1.72 bits per heavy atom. The van der Waals surface area contributed by atoms with Crippen LogP contribution in [0.25, 0.3) is 0 Å². The quantitative estimate of drug-likeness (QED) is 0.527. The molecule has 1 unspecified atom stereocenters. The summed E-state index contributed by atoms with van der Waals surface area (Å²) in [6.07, 6.45) is 4.44. The van der Waals surface area contributed by atoms with Crippen molar-refractivity contribution in [3.05, 3.63) is 24.3 Å². The molecule has 162 valence electrons. The van der Waals surface area contributed by atoms with Crippen LogP contribution in [0.4, 0.5) is 5.69 Å². The number of unbranched alkanes of at least 4 members (excludes halogenated alkanes) is 1. The van der Waals surface area contributed by atoms with Gasteiger partial charge in [0, 0.05) is 18.2 Å². The number of amides is 3. The van der Waals surface area contributed by atoms with Gasteiger partial charge in [-0.3, -0.25) is 14.4 Å². The third-order valence-corrected chi connectivity index (χ3v) is 4.71. The molecule has 0 aromatic heterocycles. The van der Waals surface area contributed by atoms with Gasteiger partial charge in [-0.25, -0.2) is 0 Å². The Morgan fingerprint density at radius 3 is 2.28 bits per heavy atom. The Bertz CT molecular complexity index is 646. The molecular formula is C22H35N3O4. The summed E-state index contributed by atoms with van der Waals surface area (Å²) in [5.74, 6) is 0.0166. The number of nitrogens with zero attached hydrogens (tertiary/aromatic N) is 1. The highest BCUT2D eigenvalue weighted by Gasteiger charge is 2.23. The summed E-state index contributed by atoms with van der Waals surface area (Å²) in [5, 5.41) is 5.31. The SMILES string of the molecule is CCCCC(CC)C(=O)N(CCC)CC(=O)NCC(=O)Nc1ccc(OC)cc1. The number of methoxy groups -OCH3 is 1. The molecule has 1 aromatic rings. The molecule has 0 radical (unpaired) electrons. The van der Waals surface area contributed by atoms with Gasteiger partial charge in [0.15, 0.2) is 0 Å². The minimum atomic E-state index is -0.331.